The average Bonchev–Trinajstić information content (AvgIpc) is 3.14. The van der Waals surface area contributed by atoms with Gasteiger partial charge in [0.15, 0.2) is 12.0 Å². The van der Waals surface area contributed by atoms with Crippen LogP contribution in [0.3, 0.4) is 0 Å². The van der Waals surface area contributed by atoms with Crippen LogP contribution in [0.1, 0.15) is 58.2 Å². The Morgan fingerprint density at radius 3 is 2.80 bits per heavy atom. The summed E-state index contributed by atoms with van der Waals surface area (Å²) in [5.41, 5.74) is 1.69. The standard InChI is InChI=1S/C22H27ClFN3O3/c1-22(2,3)30-21(28)26-9-7-14(8-10-26)15-12-17-16(20(24)19(15)23)13-25-27(17)18-6-4-5-11-29-18/h7,12-13,18H,4-6,8-11H2,1-3H3. The van der Waals surface area contributed by atoms with E-state index in [-0.39, 0.29) is 17.3 Å². The molecule has 1 amide bonds. The number of ether oxygens (including phenoxy) is 2. The lowest BCUT2D eigenvalue weighted by molar-refractivity contribution is -0.0366. The zero-order chi connectivity index (χ0) is 21.5. The van der Waals surface area contributed by atoms with Gasteiger partial charge in [0.2, 0.25) is 0 Å². The molecule has 0 radical (unpaired) electrons. The zero-order valence-electron chi connectivity index (χ0n) is 17.6. The lowest BCUT2D eigenvalue weighted by Crippen LogP contribution is -2.39. The minimum Gasteiger partial charge on any atom is -0.444 e. The molecule has 0 N–H and O–H groups in total. The van der Waals surface area contributed by atoms with Gasteiger partial charge in [-0.2, -0.15) is 5.10 Å². The maximum atomic E-state index is 15.0. The monoisotopic (exact) mass is 435 g/mol. The highest BCUT2D eigenvalue weighted by atomic mass is 35.5. The molecular formula is C22H27ClFN3O3. The van der Waals surface area contributed by atoms with Crippen molar-refractivity contribution in [2.24, 2.45) is 0 Å². The summed E-state index contributed by atoms with van der Waals surface area (Å²) in [7, 11) is 0. The van der Waals surface area contributed by atoms with Crippen LogP contribution in [0.25, 0.3) is 16.5 Å². The van der Waals surface area contributed by atoms with Crippen molar-refractivity contribution in [2.75, 3.05) is 19.7 Å². The van der Waals surface area contributed by atoms with Crippen LogP contribution in [-0.2, 0) is 9.47 Å². The minimum atomic E-state index is -0.544. The summed E-state index contributed by atoms with van der Waals surface area (Å²) >= 11 is 6.40. The van der Waals surface area contributed by atoms with Crippen molar-refractivity contribution in [1.29, 1.82) is 0 Å². The lowest BCUT2D eigenvalue weighted by atomic mass is 9.98. The highest BCUT2D eigenvalue weighted by Crippen LogP contribution is 2.37. The van der Waals surface area contributed by atoms with Crippen molar-refractivity contribution in [1.82, 2.24) is 14.7 Å². The molecule has 1 saturated heterocycles. The molecule has 6 nitrogen and oxygen atoms in total. The first kappa shape index (κ1) is 21.1. The summed E-state index contributed by atoms with van der Waals surface area (Å²) in [6.07, 6.45) is 6.39. The fourth-order valence-corrected chi connectivity index (χ4v) is 4.18. The molecule has 8 heteroatoms. The Labute approximate surface area is 180 Å². The Balaban J connectivity index is 1.62. The molecule has 1 fully saturated rings. The molecule has 2 aliphatic rings. The quantitative estimate of drug-likeness (QED) is 0.620. The molecular weight excluding hydrogens is 409 g/mol. The average molecular weight is 436 g/mol. The van der Waals surface area contributed by atoms with E-state index >= 15 is 4.39 Å². The summed E-state index contributed by atoms with van der Waals surface area (Å²) in [5, 5.41) is 4.86. The van der Waals surface area contributed by atoms with Crippen molar-refractivity contribution >= 4 is 34.2 Å². The third-order valence-corrected chi connectivity index (χ3v) is 5.79. The van der Waals surface area contributed by atoms with Crippen molar-refractivity contribution in [3.8, 4) is 0 Å². The van der Waals surface area contributed by atoms with Crippen LogP contribution in [-0.4, -0.2) is 46.1 Å². The van der Waals surface area contributed by atoms with Gasteiger partial charge >= 0.3 is 6.09 Å². The fraction of sp³-hybridized carbons (Fsp3) is 0.545. The lowest BCUT2D eigenvalue weighted by Gasteiger charge is -2.30. The maximum Gasteiger partial charge on any atom is 0.410 e. The topological polar surface area (TPSA) is 56.6 Å². The van der Waals surface area contributed by atoms with Crippen molar-refractivity contribution < 1.29 is 18.7 Å². The van der Waals surface area contributed by atoms with Gasteiger partial charge in [-0.3, -0.25) is 0 Å². The van der Waals surface area contributed by atoms with Gasteiger partial charge < -0.3 is 14.4 Å². The predicted octanol–water partition coefficient (Wildman–Crippen LogP) is 5.55. The van der Waals surface area contributed by atoms with E-state index < -0.39 is 11.4 Å². The van der Waals surface area contributed by atoms with Gasteiger partial charge in [-0.15, -0.1) is 0 Å². The van der Waals surface area contributed by atoms with E-state index in [0.29, 0.717) is 42.6 Å². The van der Waals surface area contributed by atoms with Gasteiger partial charge in [0.1, 0.15) is 5.60 Å². The van der Waals surface area contributed by atoms with Crippen LogP contribution >= 0.6 is 11.6 Å². The van der Waals surface area contributed by atoms with E-state index in [1.165, 1.54) is 6.20 Å². The number of rotatable bonds is 2. The van der Waals surface area contributed by atoms with E-state index in [1.54, 1.807) is 9.58 Å². The number of nitrogens with zero attached hydrogens (tertiary/aromatic N) is 3. The Morgan fingerprint density at radius 2 is 2.17 bits per heavy atom. The second kappa shape index (κ2) is 8.19. The Bertz CT molecular complexity index is 990. The number of halogens is 2. The van der Waals surface area contributed by atoms with Crippen LogP contribution in [0.5, 0.6) is 0 Å². The number of hydrogen-bond acceptors (Lipinski definition) is 4. The largest absolute Gasteiger partial charge is 0.444 e. The molecule has 162 valence electrons. The number of carbonyl (C=O) groups excluding carboxylic acids is 1. The zero-order valence-corrected chi connectivity index (χ0v) is 18.3. The third-order valence-electron chi connectivity index (χ3n) is 5.42. The molecule has 0 spiro atoms. The highest BCUT2D eigenvalue weighted by molar-refractivity contribution is 6.33. The number of carbonyl (C=O) groups is 1. The van der Waals surface area contributed by atoms with Crippen LogP contribution in [0, 0.1) is 5.82 Å². The van der Waals surface area contributed by atoms with Crippen molar-refractivity contribution in [2.45, 2.75) is 58.3 Å². The van der Waals surface area contributed by atoms with E-state index in [2.05, 4.69) is 5.10 Å². The number of benzene rings is 1. The smallest absolute Gasteiger partial charge is 0.410 e. The molecule has 30 heavy (non-hydrogen) atoms. The van der Waals surface area contributed by atoms with E-state index in [1.807, 2.05) is 32.9 Å². The Morgan fingerprint density at radius 1 is 1.37 bits per heavy atom. The van der Waals surface area contributed by atoms with Crippen LogP contribution in [0.15, 0.2) is 18.3 Å². The maximum absolute atomic E-state index is 15.0. The normalized spacial score (nSPS) is 20.4. The first-order chi connectivity index (χ1) is 14.2. The van der Waals surface area contributed by atoms with Crippen molar-refractivity contribution in [3.05, 3.63) is 34.7 Å². The van der Waals surface area contributed by atoms with Gasteiger partial charge in [0, 0.05) is 25.3 Å². The molecule has 3 heterocycles. The first-order valence-corrected chi connectivity index (χ1v) is 10.8. The van der Waals surface area contributed by atoms with Gasteiger partial charge in [0.25, 0.3) is 0 Å². The number of aromatic nitrogens is 2. The summed E-state index contributed by atoms with van der Waals surface area (Å²) in [5.74, 6) is -0.471. The van der Waals surface area contributed by atoms with Crippen LogP contribution in [0.4, 0.5) is 9.18 Å². The second-order valence-corrected chi connectivity index (χ2v) is 9.18. The van der Waals surface area contributed by atoms with Gasteiger partial charge in [0.05, 0.1) is 22.1 Å². The molecule has 1 aromatic heterocycles. The SMILES string of the molecule is CC(C)(C)OC(=O)N1CC=C(c2cc3c(cnn3C3CCCCO3)c(F)c2Cl)CC1. The van der Waals surface area contributed by atoms with Gasteiger partial charge in [-0.05, 0) is 58.1 Å². The van der Waals surface area contributed by atoms with Gasteiger partial charge in [-0.25, -0.2) is 13.9 Å². The Hall–Kier alpha value is -2.12. The number of hydrogen-bond donors (Lipinski definition) is 0. The predicted molar refractivity (Wildman–Crippen MR) is 114 cm³/mol. The minimum absolute atomic E-state index is 0.0866. The molecule has 2 aromatic rings. The second-order valence-electron chi connectivity index (χ2n) is 8.80. The molecule has 1 unspecified atom stereocenters. The van der Waals surface area contributed by atoms with E-state index in [0.717, 1.165) is 24.8 Å². The highest BCUT2D eigenvalue weighted by Gasteiger charge is 2.27. The Kier molecular flexibility index (Phi) is 5.77. The first-order valence-electron chi connectivity index (χ1n) is 10.4. The fourth-order valence-electron chi connectivity index (χ4n) is 3.91. The molecule has 2 aliphatic heterocycles. The molecule has 4 rings (SSSR count). The van der Waals surface area contributed by atoms with E-state index in [9.17, 15) is 4.79 Å². The van der Waals surface area contributed by atoms with Gasteiger partial charge in [-0.1, -0.05) is 17.7 Å². The summed E-state index contributed by atoms with van der Waals surface area (Å²) in [6, 6.07) is 1.89. The summed E-state index contributed by atoms with van der Waals surface area (Å²) < 4.78 is 28.1. The molecule has 1 aromatic carbocycles. The molecule has 0 bridgehead atoms. The van der Waals surface area contributed by atoms with Crippen molar-refractivity contribution in [3.63, 3.8) is 0 Å². The molecule has 0 aliphatic carbocycles. The summed E-state index contributed by atoms with van der Waals surface area (Å²) in [6.45, 7) is 7.08. The number of amides is 1. The summed E-state index contributed by atoms with van der Waals surface area (Å²) in [4.78, 5) is 13.9. The number of fused-ring (bicyclic) bond motifs is 1. The van der Waals surface area contributed by atoms with Crippen LogP contribution < -0.4 is 0 Å². The third kappa shape index (κ3) is 4.18. The molecule has 0 saturated carbocycles. The van der Waals surface area contributed by atoms with Crippen LogP contribution in [0.2, 0.25) is 5.02 Å². The van der Waals surface area contributed by atoms with E-state index in [4.69, 9.17) is 21.1 Å². The molecule has 1 atom stereocenters.